The molecule has 0 amide bonds. The average molecular weight is 292 g/mol. The molecule has 1 aromatic carbocycles. The number of halogens is 2. The zero-order valence-corrected chi connectivity index (χ0v) is 11.9. The molecule has 1 aromatic heterocycles. The van der Waals surface area contributed by atoms with Gasteiger partial charge in [0.25, 0.3) is 0 Å². The molecule has 0 aliphatic rings. The number of likely N-dealkylation sites (N-methyl/N-ethyl adjacent to an activating group) is 1. The third-order valence-corrected chi connectivity index (χ3v) is 3.00. The first-order valence-corrected chi connectivity index (χ1v) is 6.51. The molecule has 1 heterocycles. The third-order valence-electron chi connectivity index (χ3n) is 2.88. The molecule has 0 N–H and O–H groups in total. The third kappa shape index (κ3) is 3.62. The zero-order chi connectivity index (χ0) is 14.5. The van der Waals surface area contributed by atoms with Crippen molar-refractivity contribution in [2.45, 2.75) is 6.04 Å². The van der Waals surface area contributed by atoms with Crippen molar-refractivity contribution in [3.8, 4) is 0 Å². The summed E-state index contributed by atoms with van der Waals surface area (Å²) < 4.78 is 13.1. The molecule has 20 heavy (non-hydrogen) atoms. The number of nitrogens with zero attached hydrogens (tertiary/aromatic N) is 3. The van der Waals surface area contributed by atoms with Crippen LogP contribution in [0, 0.1) is 5.82 Å². The largest absolute Gasteiger partial charge is 0.288 e. The van der Waals surface area contributed by atoms with Crippen LogP contribution < -0.4 is 0 Å². The first-order chi connectivity index (χ1) is 9.58. The van der Waals surface area contributed by atoms with E-state index in [4.69, 9.17) is 11.6 Å². The van der Waals surface area contributed by atoms with Crippen LogP contribution in [0.4, 0.5) is 4.39 Å². The average Bonchev–Trinajstić information content (AvgIpc) is 2.42. The van der Waals surface area contributed by atoms with Gasteiger partial charge in [0, 0.05) is 24.0 Å². The number of rotatable bonds is 5. The van der Waals surface area contributed by atoms with E-state index in [9.17, 15) is 4.39 Å². The van der Waals surface area contributed by atoms with Crippen LogP contribution in [0.25, 0.3) is 0 Å². The number of aromatic nitrogens is 2. The second kappa shape index (κ2) is 6.59. The van der Waals surface area contributed by atoms with Crippen LogP contribution in [0.3, 0.4) is 0 Å². The quantitative estimate of drug-likeness (QED) is 0.845. The second-order valence-corrected chi connectivity index (χ2v) is 5.03. The summed E-state index contributed by atoms with van der Waals surface area (Å²) in [6.45, 7) is 4.19. The molecule has 0 spiro atoms. The molecule has 0 saturated heterocycles. The summed E-state index contributed by atoms with van der Waals surface area (Å²) in [5.74, 6) is 0.366. The van der Waals surface area contributed by atoms with E-state index in [1.165, 1.54) is 12.1 Å². The number of benzene rings is 1. The Labute approximate surface area is 122 Å². The summed E-state index contributed by atoms with van der Waals surface area (Å²) >= 11 is 5.88. The molecule has 0 radical (unpaired) electrons. The molecule has 0 saturated carbocycles. The van der Waals surface area contributed by atoms with Crippen molar-refractivity contribution in [2.24, 2.45) is 0 Å². The zero-order valence-electron chi connectivity index (χ0n) is 11.1. The maximum Gasteiger partial charge on any atom is 0.149 e. The van der Waals surface area contributed by atoms with Gasteiger partial charge in [-0.3, -0.25) is 4.90 Å². The van der Waals surface area contributed by atoms with E-state index in [-0.39, 0.29) is 11.9 Å². The molecule has 0 aliphatic heterocycles. The van der Waals surface area contributed by atoms with E-state index in [1.807, 2.05) is 11.9 Å². The summed E-state index contributed by atoms with van der Waals surface area (Å²) in [6.07, 6.45) is 3.37. The normalized spacial score (nSPS) is 12.4. The van der Waals surface area contributed by atoms with Gasteiger partial charge in [0.2, 0.25) is 0 Å². The molecule has 2 rings (SSSR count). The minimum Gasteiger partial charge on any atom is -0.288 e. The van der Waals surface area contributed by atoms with E-state index in [1.54, 1.807) is 30.6 Å². The molecule has 2 aromatic rings. The lowest BCUT2D eigenvalue weighted by molar-refractivity contribution is 0.296. The number of hydrogen-bond acceptors (Lipinski definition) is 3. The van der Waals surface area contributed by atoms with Gasteiger partial charge in [0.15, 0.2) is 0 Å². The van der Waals surface area contributed by atoms with Crippen LogP contribution in [0.15, 0.2) is 54.3 Å². The van der Waals surface area contributed by atoms with E-state index in [0.29, 0.717) is 17.4 Å². The monoisotopic (exact) mass is 291 g/mol. The predicted molar refractivity (Wildman–Crippen MR) is 77.9 cm³/mol. The summed E-state index contributed by atoms with van der Waals surface area (Å²) in [4.78, 5) is 10.5. The Hall–Kier alpha value is -1.78. The standard InChI is InChI=1S/C15H15ClFN3/c1-11(16)10-20(2)14(15-18-8-3-9-19-15)12-4-6-13(17)7-5-12/h3-9,14H,1,10H2,2H3/t14-/m1/s1. The topological polar surface area (TPSA) is 29.0 Å². The summed E-state index contributed by atoms with van der Waals surface area (Å²) in [6, 6.07) is 7.86. The van der Waals surface area contributed by atoms with Gasteiger partial charge in [-0.25, -0.2) is 14.4 Å². The highest BCUT2D eigenvalue weighted by Crippen LogP contribution is 2.25. The molecule has 0 fully saturated rings. The van der Waals surface area contributed by atoms with Crippen molar-refractivity contribution in [3.05, 3.63) is 71.5 Å². The number of hydrogen-bond donors (Lipinski definition) is 0. The Kier molecular flexibility index (Phi) is 4.82. The smallest absolute Gasteiger partial charge is 0.149 e. The van der Waals surface area contributed by atoms with E-state index in [2.05, 4.69) is 16.5 Å². The van der Waals surface area contributed by atoms with Crippen LogP contribution in [0.5, 0.6) is 0 Å². The SMILES string of the molecule is C=C(Cl)CN(C)[C@H](c1ccc(F)cc1)c1ncccn1. The van der Waals surface area contributed by atoms with E-state index >= 15 is 0 Å². The van der Waals surface area contributed by atoms with Gasteiger partial charge in [0.05, 0.1) is 6.04 Å². The van der Waals surface area contributed by atoms with E-state index < -0.39 is 0 Å². The fraction of sp³-hybridized carbons (Fsp3) is 0.200. The molecule has 0 aliphatic carbocycles. The molecule has 5 heteroatoms. The molecule has 0 bridgehead atoms. The minimum atomic E-state index is -0.272. The van der Waals surface area contributed by atoms with Crippen LogP contribution in [0.2, 0.25) is 0 Å². The maximum atomic E-state index is 13.1. The van der Waals surface area contributed by atoms with Gasteiger partial charge in [0.1, 0.15) is 11.6 Å². The summed E-state index contributed by atoms with van der Waals surface area (Å²) in [5, 5.41) is 0.524. The van der Waals surface area contributed by atoms with Crippen molar-refractivity contribution in [1.82, 2.24) is 14.9 Å². The van der Waals surface area contributed by atoms with Crippen LogP contribution in [-0.4, -0.2) is 28.5 Å². The van der Waals surface area contributed by atoms with Crippen molar-refractivity contribution in [1.29, 1.82) is 0 Å². The fourth-order valence-corrected chi connectivity index (χ4v) is 2.25. The molecule has 104 valence electrons. The van der Waals surface area contributed by atoms with Gasteiger partial charge in [-0.05, 0) is 30.8 Å². The van der Waals surface area contributed by atoms with Crippen LogP contribution in [0.1, 0.15) is 17.4 Å². The van der Waals surface area contributed by atoms with Crippen LogP contribution >= 0.6 is 11.6 Å². The summed E-state index contributed by atoms with van der Waals surface area (Å²) in [7, 11) is 1.90. The lowest BCUT2D eigenvalue weighted by Crippen LogP contribution is -2.28. The van der Waals surface area contributed by atoms with Crippen molar-refractivity contribution >= 4 is 11.6 Å². The lowest BCUT2D eigenvalue weighted by atomic mass is 10.0. The Morgan fingerprint density at radius 1 is 1.30 bits per heavy atom. The molecular formula is C15H15ClFN3. The predicted octanol–water partition coefficient (Wildman–Crippen LogP) is 3.39. The lowest BCUT2D eigenvalue weighted by Gasteiger charge is -2.26. The highest BCUT2D eigenvalue weighted by atomic mass is 35.5. The Balaban J connectivity index is 2.38. The summed E-state index contributed by atoms with van der Waals surface area (Å²) in [5.41, 5.74) is 0.901. The minimum absolute atomic E-state index is 0.202. The molecule has 3 nitrogen and oxygen atoms in total. The maximum absolute atomic E-state index is 13.1. The highest BCUT2D eigenvalue weighted by Gasteiger charge is 2.22. The Bertz CT molecular complexity index is 571. The Morgan fingerprint density at radius 2 is 1.90 bits per heavy atom. The van der Waals surface area contributed by atoms with Crippen LogP contribution in [-0.2, 0) is 0 Å². The van der Waals surface area contributed by atoms with Gasteiger partial charge >= 0.3 is 0 Å². The van der Waals surface area contributed by atoms with Crippen molar-refractivity contribution in [3.63, 3.8) is 0 Å². The van der Waals surface area contributed by atoms with E-state index in [0.717, 1.165) is 5.56 Å². The molecular weight excluding hydrogens is 277 g/mol. The van der Waals surface area contributed by atoms with Crippen molar-refractivity contribution < 1.29 is 4.39 Å². The Morgan fingerprint density at radius 3 is 2.45 bits per heavy atom. The van der Waals surface area contributed by atoms with Gasteiger partial charge in [-0.2, -0.15) is 0 Å². The highest BCUT2D eigenvalue weighted by molar-refractivity contribution is 6.29. The first kappa shape index (κ1) is 14.6. The van der Waals surface area contributed by atoms with Crippen molar-refractivity contribution in [2.75, 3.05) is 13.6 Å². The fourth-order valence-electron chi connectivity index (χ4n) is 2.06. The molecule has 1 atom stereocenters. The first-order valence-electron chi connectivity index (χ1n) is 6.14. The second-order valence-electron chi connectivity index (χ2n) is 4.49. The van der Waals surface area contributed by atoms with Gasteiger partial charge < -0.3 is 0 Å². The van der Waals surface area contributed by atoms with Gasteiger partial charge in [-0.1, -0.05) is 30.3 Å². The molecule has 0 unspecified atom stereocenters. The van der Waals surface area contributed by atoms with Gasteiger partial charge in [-0.15, -0.1) is 0 Å².